The van der Waals surface area contributed by atoms with Crippen molar-refractivity contribution >= 4 is 28.9 Å². The van der Waals surface area contributed by atoms with E-state index in [4.69, 9.17) is 0 Å². The largest absolute Gasteiger partial charge is 0.300 e. The summed E-state index contributed by atoms with van der Waals surface area (Å²) < 4.78 is 0. The van der Waals surface area contributed by atoms with Crippen LogP contribution in [0.15, 0.2) is 48.5 Å². The zero-order chi connectivity index (χ0) is 43.6. The van der Waals surface area contributed by atoms with E-state index in [1.165, 1.54) is 80.0 Å². The van der Waals surface area contributed by atoms with Crippen LogP contribution >= 0.6 is 0 Å². The number of ketones is 5. The molecule has 0 saturated heterocycles. The van der Waals surface area contributed by atoms with Gasteiger partial charge in [0.05, 0.1) is 0 Å². The molecule has 0 radical (unpaired) electrons. The average Bonchev–Trinajstić information content (AvgIpc) is 3.14. The van der Waals surface area contributed by atoms with E-state index in [-0.39, 0.29) is 41.2 Å². The van der Waals surface area contributed by atoms with Gasteiger partial charge in [-0.15, -0.1) is 0 Å². The minimum atomic E-state index is 0.141. The van der Waals surface area contributed by atoms with Crippen LogP contribution in [0.4, 0.5) is 0 Å². The lowest BCUT2D eigenvalue weighted by atomic mass is 9.97. The molecule has 5 nitrogen and oxygen atoms in total. The molecule has 320 valence electrons. The van der Waals surface area contributed by atoms with E-state index in [9.17, 15) is 24.0 Å². The third-order valence-electron chi connectivity index (χ3n) is 10.5. The van der Waals surface area contributed by atoms with Gasteiger partial charge in [0, 0.05) is 29.6 Å². The highest BCUT2D eigenvalue weighted by Crippen LogP contribution is 2.13. The van der Waals surface area contributed by atoms with Crippen LogP contribution < -0.4 is 0 Å². The number of hydrogen-bond acceptors (Lipinski definition) is 5. The molecule has 2 aromatic rings. The summed E-state index contributed by atoms with van der Waals surface area (Å²) in [4.78, 5) is 54.2. The molecule has 56 heavy (non-hydrogen) atoms. The molecule has 0 aliphatic carbocycles. The first-order chi connectivity index (χ1) is 26.2. The lowest BCUT2D eigenvalue weighted by Crippen LogP contribution is -2.09. The third-order valence-corrected chi connectivity index (χ3v) is 10.5. The average molecular weight is 779 g/mol. The summed E-state index contributed by atoms with van der Waals surface area (Å²) in [6.07, 6.45) is 16.1. The zero-order valence-corrected chi connectivity index (χ0v) is 38.9. The molecule has 2 rings (SSSR count). The highest BCUT2D eigenvalue weighted by Gasteiger charge is 2.09. The lowest BCUT2D eigenvalue weighted by Gasteiger charge is -2.07. The van der Waals surface area contributed by atoms with Crippen LogP contribution in [-0.2, 0) is 36.8 Å². The Hall–Kier alpha value is -3.21. The molecule has 0 bridgehead atoms. The van der Waals surface area contributed by atoms with Crippen molar-refractivity contribution in [1.29, 1.82) is 0 Å². The third kappa shape index (κ3) is 35.2. The molecule has 2 aromatic carbocycles. The van der Waals surface area contributed by atoms with Crippen LogP contribution in [0.2, 0.25) is 0 Å². The summed E-state index contributed by atoms with van der Waals surface area (Å²) in [5.41, 5.74) is 5.01. The number of benzene rings is 2. The fourth-order valence-electron chi connectivity index (χ4n) is 5.15. The highest BCUT2D eigenvalue weighted by molar-refractivity contribution is 5.79. The zero-order valence-electron chi connectivity index (χ0n) is 38.9. The van der Waals surface area contributed by atoms with Gasteiger partial charge < -0.3 is 0 Å². The van der Waals surface area contributed by atoms with E-state index in [1.807, 2.05) is 34.6 Å². The van der Waals surface area contributed by atoms with Crippen molar-refractivity contribution < 1.29 is 24.0 Å². The Bertz CT molecular complexity index is 1180. The monoisotopic (exact) mass is 779 g/mol. The van der Waals surface area contributed by atoms with Crippen molar-refractivity contribution in [2.75, 3.05) is 0 Å². The SMILES string of the molecule is CC(=O)[C@H](C)Cc1ccc(C)cc1.CC(=O)[C@H](C)Cc1ccc(C)cc1.CCCCC[C@@H](C)C(C)=O.CCCCC[C@@H](C)C(C)=O.CCCCC[C@@H](C)C(C)=O. The van der Waals surface area contributed by atoms with Gasteiger partial charge in [-0.3, -0.25) is 24.0 Å². The van der Waals surface area contributed by atoms with Crippen LogP contribution in [0.3, 0.4) is 0 Å². The molecule has 0 spiro atoms. The molecule has 0 N–H and O–H groups in total. The second kappa shape index (κ2) is 36.2. The molecule has 5 atom stereocenters. The van der Waals surface area contributed by atoms with Crippen molar-refractivity contribution in [3.8, 4) is 0 Å². The smallest absolute Gasteiger partial charge is 0.132 e. The quantitative estimate of drug-likeness (QED) is 0.118. The maximum Gasteiger partial charge on any atom is 0.132 e. The number of rotatable bonds is 21. The normalized spacial score (nSPS) is 12.8. The molecule has 0 fully saturated rings. The summed E-state index contributed by atoms with van der Waals surface area (Å²) in [6.45, 7) is 29.0. The lowest BCUT2D eigenvalue weighted by molar-refractivity contribution is -0.121. The minimum absolute atomic E-state index is 0.141. The summed E-state index contributed by atoms with van der Waals surface area (Å²) in [7, 11) is 0. The number of unbranched alkanes of at least 4 members (excludes halogenated alkanes) is 6. The Labute approximate surface area is 346 Å². The summed E-state index contributed by atoms with van der Waals surface area (Å²) in [5.74, 6) is 2.65. The van der Waals surface area contributed by atoms with E-state index in [1.54, 1.807) is 34.6 Å². The van der Waals surface area contributed by atoms with Gasteiger partial charge in [-0.1, -0.05) is 173 Å². The molecular formula is C51H86O5. The van der Waals surface area contributed by atoms with Crippen LogP contribution in [0, 0.1) is 43.4 Å². The molecule has 0 heterocycles. The number of carbonyl (C=O) groups is 5. The van der Waals surface area contributed by atoms with Gasteiger partial charge in [0.1, 0.15) is 28.9 Å². The first-order valence-corrected chi connectivity index (χ1v) is 21.9. The number of Topliss-reactive ketones (excluding diaryl/α,β-unsaturated/α-hetero) is 5. The predicted molar refractivity (Wildman–Crippen MR) is 241 cm³/mol. The predicted octanol–water partition coefficient (Wildman–Crippen LogP) is 13.9. The van der Waals surface area contributed by atoms with Gasteiger partial charge in [-0.2, -0.15) is 0 Å². The molecule has 0 aromatic heterocycles. The van der Waals surface area contributed by atoms with Crippen molar-refractivity contribution in [3.63, 3.8) is 0 Å². The molecule has 0 amide bonds. The Morgan fingerprint density at radius 1 is 0.375 bits per heavy atom. The summed E-state index contributed by atoms with van der Waals surface area (Å²) in [5, 5.41) is 0. The van der Waals surface area contributed by atoms with Crippen molar-refractivity contribution in [2.45, 2.75) is 194 Å². The van der Waals surface area contributed by atoms with E-state index in [0.29, 0.717) is 17.3 Å². The molecule has 0 aliphatic rings. The van der Waals surface area contributed by atoms with Crippen molar-refractivity contribution in [3.05, 3.63) is 70.8 Å². The topological polar surface area (TPSA) is 85.3 Å². The van der Waals surface area contributed by atoms with Gasteiger partial charge in [-0.05, 0) is 91.7 Å². The molecule has 0 aliphatic heterocycles. The van der Waals surface area contributed by atoms with Crippen molar-refractivity contribution in [1.82, 2.24) is 0 Å². The first-order valence-electron chi connectivity index (χ1n) is 21.9. The number of carbonyl (C=O) groups excluding carboxylic acids is 5. The summed E-state index contributed by atoms with van der Waals surface area (Å²) in [6, 6.07) is 16.7. The minimum Gasteiger partial charge on any atom is -0.300 e. The maximum absolute atomic E-state index is 11.0. The van der Waals surface area contributed by atoms with Gasteiger partial charge in [-0.25, -0.2) is 0 Å². The Morgan fingerprint density at radius 2 is 0.589 bits per heavy atom. The fourth-order valence-corrected chi connectivity index (χ4v) is 5.15. The van der Waals surface area contributed by atoms with E-state index in [0.717, 1.165) is 32.1 Å². The van der Waals surface area contributed by atoms with Crippen molar-refractivity contribution in [2.24, 2.45) is 29.6 Å². The van der Waals surface area contributed by atoms with E-state index >= 15 is 0 Å². The van der Waals surface area contributed by atoms with E-state index < -0.39 is 0 Å². The van der Waals surface area contributed by atoms with Gasteiger partial charge in [0.15, 0.2) is 0 Å². The van der Waals surface area contributed by atoms with Crippen LogP contribution in [0.25, 0.3) is 0 Å². The standard InChI is InChI=1S/2C12H16O.3C9H18O/c2*1-9-4-6-12(7-5-9)8-10(2)11(3)13;3*1-4-5-6-7-8(2)9(3)10/h2*4-7,10H,8H2,1-3H3;3*8H,4-7H2,1-3H3/t2*10-;3*8-/m11111/s1. The Kier molecular flexibility index (Phi) is 36.9. The first kappa shape index (κ1) is 57.1. The molecule has 5 heteroatoms. The molecular weight excluding hydrogens is 693 g/mol. The maximum atomic E-state index is 11.0. The van der Waals surface area contributed by atoms with Gasteiger partial charge >= 0.3 is 0 Å². The second-order valence-electron chi connectivity index (χ2n) is 16.4. The van der Waals surface area contributed by atoms with E-state index in [2.05, 4.69) is 83.1 Å². The van der Waals surface area contributed by atoms with Gasteiger partial charge in [0.2, 0.25) is 0 Å². The highest BCUT2D eigenvalue weighted by atomic mass is 16.1. The number of aryl methyl sites for hydroxylation is 2. The second-order valence-corrected chi connectivity index (χ2v) is 16.4. The summed E-state index contributed by atoms with van der Waals surface area (Å²) >= 11 is 0. The van der Waals surface area contributed by atoms with Crippen LogP contribution in [-0.4, -0.2) is 28.9 Å². The van der Waals surface area contributed by atoms with Crippen LogP contribution in [0.1, 0.15) is 189 Å². The number of hydrogen-bond donors (Lipinski definition) is 0. The fraction of sp³-hybridized carbons (Fsp3) is 0.667. The molecule has 0 saturated carbocycles. The molecule has 0 unspecified atom stereocenters. The van der Waals surface area contributed by atoms with Gasteiger partial charge in [0.25, 0.3) is 0 Å². The Balaban J connectivity index is -0.000000632. The Morgan fingerprint density at radius 3 is 0.768 bits per heavy atom. The van der Waals surface area contributed by atoms with Crippen LogP contribution in [0.5, 0.6) is 0 Å².